The van der Waals surface area contributed by atoms with Crippen molar-refractivity contribution in [1.82, 2.24) is 5.32 Å². The molecule has 1 atom stereocenters. The van der Waals surface area contributed by atoms with E-state index >= 15 is 0 Å². The van der Waals surface area contributed by atoms with Crippen LogP contribution in [0, 0.1) is 12.3 Å². The molecule has 2 N–H and O–H groups in total. The number of hydrogen-bond acceptors (Lipinski definition) is 3. The van der Waals surface area contributed by atoms with Crippen LogP contribution in [0.2, 0.25) is 0 Å². The first-order chi connectivity index (χ1) is 5.95. The molecule has 0 aliphatic carbocycles. The van der Waals surface area contributed by atoms with E-state index in [1.165, 1.54) is 0 Å². The first kappa shape index (κ1) is 12.4. The van der Waals surface area contributed by atoms with Gasteiger partial charge >= 0.3 is 0 Å². The number of unbranched alkanes of at least 4 members (excludes halogenated alkanes) is 1. The van der Waals surface area contributed by atoms with Crippen LogP contribution in [0.3, 0.4) is 0 Å². The molecule has 0 fully saturated rings. The standard InChI is InChI=1S/C10H19NO2/c1-5-6-7-8-11-9(12)13-10(2,3)4/h1,9,11-12H,6-8H2,2-4H3. The van der Waals surface area contributed by atoms with Crippen molar-refractivity contribution in [3.63, 3.8) is 0 Å². The van der Waals surface area contributed by atoms with Crippen molar-refractivity contribution >= 4 is 0 Å². The molecule has 76 valence electrons. The van der Waals surface area contributed by atoms with Crippen molar-refractivity contribution in [2.24, 2.45) is 0 Å². The zero-order valence-electron chi connectivity index (χ0n) is 8.63. The van der Waals surface area contributed by atoms with Gasteiger partial charge in [0.1, 0.15) is 0 Å². The van der Waals surface area contributed by atoms with Gasteiger partial charge in [-0.15, -0.1) is 12.3 Å². The summed E-state index contributed by atoms with van der Waals surface area (Å²) in [5.41, 5.74) is -0.335. The van der Waals surface area contributed by atoms with Gasteiger partial charge in [-0.3, -0.25) is 5.32 Å². The summed E-state index contributed by atoms with van der Waals surface area (Å²) in [5, 5.41) is 12.1. The lowest BCUT2D eigenvalue weighted by Crippen LogP contribution is -2.38. The molecule has 0 saturated heterocycles. The third kappa shape index (κ3) is 9.35. The lowest BCUT2D eigenvalue weighted by Gasteiger charge is -2.24. The molecular formula is C10H19NO2. The highest BCUT2D eigenvalue weighted by Gasteiger charge is 2.15. The Bertz CT molecular complexity index is 167. The fourth-order valence-electron chi connectivity index (χ4n) is 0.793. The smallest absolute Gasteiger partial charge is 0.214 e. The number of terminal acetylenes is 1. The second-order valence-electron chi connectivity index (χ2n) is 3.84. The van der Waals surface area contributed by atoms with E-state index in [1.54, 1.807) is 0 Å². The number of aliphatic hydroxyl groups is 1. The summed E-state index contributed by atoms with van der Waals surface area (Å²) in [5.74, 6) is 2.53. The van der Waals surface area contributed by atoms with Gasteiger partial charge in [0, 0.05) is 13.0 Å². The van der Waals surface area contributed by atoms with Crippen molar-refractivity contribution < 1.29 is 9.84 Å². The maximum atomic E-state index is 9.30. The highest BCUT2D eigenvalue weighted by Crippen LogP contribution is 2.07. The van der Waals surface area contributed by atoms with E-state index in [0.29, 0.717) is 6.54 Å². The fourth-order valence-corrected chi connectivity index (χ4v) is 0.793. The Labute approximate surface area is 80.5 Å². The predicted molar refractivity (Wildman–Crippen MR) is 52.9 cm³/mol. The van der Waals surface area contributed by atoms with E-state index in [9.17, 15) is 5.11 Å². The summed E-state index contributed by atoms with van der Waals surface area (Å²) in [6.45, 7) is 6.33. The molecule has 1 unspecified atom stereocenters. The highest BCUT2D eigenvalue weighted by molar-refractivity contribution is 4.83. The van der Waals surface area contributed by atoms with Crippen molar-refractivity contribution in [3.05, 3.63) is 0 Å². The topological polar surface area (TPSA) is 41.5 Å². The second kappa shape index (κ2) is 5.98. The number of aliphatic hydroxyl groups excluding tert-OH is 1. The van der Waals surface area contributed by atoms with Crippen LogP contribution in [0.5, 0.6) is 0 Å². The molecule has 3 nitrogen and oxygen atoms in total. The van der Waals surface area contributed by atoms with Crippen LogP contribution in [-0.2, 0) is 4.74 Å². The highest BCUT2D eigenvalue weighted by atomic mass is 16.6. The lowest BCUT2D eigenvalue weighted by molar-refractivity contribution is -0.181. The molecule has 0 radical (unpaired) electrons. The molecule has 0 saturated carbocycles. The van der Waals surface area contributed by atoms with Crippen LogP contribution >= 0.6 is 0 Å². The number of rotatable bonds is 5. The monoisotopic (exact) mass is 185 g/mol. The van der Waals surface area contributed by atoms with Gasteiger partial charge in [0.25, 0.3) is 0 Å². The quantitative estimate of drug-likeness (QED) is 0.382. The van der Waals surface area contributed by atoms with Crippen LogP contribution in [0.4, 0.5) is 0 Å². The Balaban J connectivity index is 3.42. The third-order valence-electron chi connectivity index (χ3n) is 1.28. The summed E-state index contributed by atoms with van der Waals surface area (Å²) in [6, 6.07) is 0. The van der Waals surface area contributed by atoms with Crippen molar-refractivity contribution in [2.75, 3.05) is 6.54 Å². The number of ether oxygens (including phenoxy) is 1. The van der Waals surface area contributed by atoms with Crippen LogP contribution in [0.25, 0.3) is 0 Å². The molecule has 0 heterocycles. The minimum Gasteiger partial charge on any atom is -0.356 e. The fraction of sp³-hybridized carbons (Fsp3) is 0.800. The molecule has 0 aliphatic rings. The molecule has 13 heavy (non-hydrogen) atoms. The molecule has 0 bridgehead atoms. The zero-order chi connectivity index (χ0) is 10.3. The van der Waals surface area contributed by atoms with E-state index in [0.717, 1.165) is 12.8 Å². The van der Waals surface area contributed by atoms with Gasteiger partial charge in [-0.25, -0.2) is 0 Å². The SMILES string of the molecule is C#CCCCNC(O)OC(C)(C)C. The van der Waals surface area contributed by atoms with Gasteiger partial charge < -0.3 is 9.84 Å². The van der Waals surface area contributed by atoms with Gasteiger partial charge in [0.2, 0.25) is 6.41 Å². The molecular weight excluding hydrogens is 166 g/mol. The van der Waals surface area contributed by atoms with E-state index in [1.807, 2.05) is 20.8 Å². The Kier molecular flexibility index (Phi) is 5.72. The summed E-state index contributed by atoms with van der Waals surface area (Å²) in [7, 11) is 0. The zero-order valence-corrected chi connectivity index (χ0v) is 8.63. The van der Waals surface area contributed by atoms with Crippen LogP contribution < -0.4 is 5.32 Å². The normalized spacial score (nSPS) is 13.8. The minimum atomic E-state index is -0.905. The van der Waals surface area contributed by atoms with Gasteiger partial charge in [-0.05, 0) is 27.2 Å². The van der Waals surface area contributed by atoms with E-state index in [4.69, 9.17) is 11.2 Å². The number of nitrogens with one attached hydrogen (secondary N) is 1. The third-order valence-corrected chi connectivity index (χ3v) is 1.28. The minimum absolute atomic E-state index is 0.335. The summed E-state index contributed by atoms with van der Waals surface area (Å²) in [4.78, 5) is 0. The molecule has 3 heteroatoms. The first-order valence-corrected chi connectivity index (χ1v) is 4.48. The van der Waals surface area contributed by atoms with Gasteiger partial charge in [0.15, 0.2) is 0 Å². The predicted octanol–water partition coefficient (Wildman–Crippen LogP) is 1.08. The molecule has 0 aromatic carbocycles. The summed E-state index contributed by atoms with van der Waals surface area (Å²) < 4.78 is 5.21. The van der Waals surface area contributed by atoms with E-state index in [2.05, 4.69) is 11.2 Å². The van der Waals surface area contributed by atoms with Crippen LogP contribution in [0.15, 0.2) is 0 Å². The lowest BCUT2D eigenvalue weighted by atomic mass is 10.2. The average molecular weight is 185 g/mol. The maximum Gasteiger partial charge on any atom is 0.214 e. The maximum absolute atomic E-state index is 9.30. The Hall–Kier alpha value is -0.560. The molecule has 0 amide bonds. The van der Waals surface area contributed by atoms with E-state index in [-0.39, 0.29) is 5.60 Å². The Morgan fingerprint density at radius 2 is 2.15 bits per heavy atom. The largest absolute Gasteiger partial charge is 0.356 e. The second-order valence-corrected chi connectivity index (χ2v) is 3.84. The molecule has 0 aromatic rings. The molecule has 0 aromatic heterocycles. The Morgan fingerprint density at radius 1 is 1.54 bits per heavy atom. The summed E-state index contributed by atoms with van der Waals surface area (Å²) in [6.07, 6.45) is 5.74. The Morgan fingerprint density at radius 3 is 2.62 bits per heavy atom. The van der Waals surface area contributed by atoms with E-state index < -0.39 is 6.41 Å². The van der Waals surface area contributed by atoms with Crippen molar-refractivity contribution in [1.29, 1.82) is 0 Å². The number of hydrogen-bond donors (Lipinski definition) is 2. The summed E-state index contributed by atoms with van der Waals surface area (Å²) >= 11 is 0. The van der Waals surface area contributed by atoms with Gasteiger partial charge in [-0.2, -0.15) is 0 Å². The molecule has 0 aliphatic heterocycles. The molecule has 0 rings (SSSR count). The molecule has 0 spiro atoms. The van der Waals surface area contributed by atoms with Crippen LogP contribution in [0.1, 0.15) is 33.6 Å². The van der Waals surface area contributed by atoms with Crippen molar-refractivity contribution in [2.45, 2.75) is 45.6 Å². The van der Waals surface area contributed by atoms with Gasteiger partial charge in [0.05, 0.1) is 5.60 Å². The average Bonchev–Trinajstić information content (AvgIpc) is 1.94. The first-order valence-electron chi connectivity index (χ1n) is 4.48. The van der Waals surface area contributed by atoms with Crippen molar-refractivity contribution in [3.8, 4) is 12.3 Å². The van der Waals surface area contributed by atoms with Crippen LogP contribution in [-0.4, -0.2) is 23.7 Å². The van der Waals surface area contributed by atoms with Gasteiger partial charge in [-0.1, -0.05) is 0 Å².